The third-order valence-corrected chi connectivity index (χ3v) is 2.48. The van der Waals surface area contributed by atoms with E-state index in [4.69, 9.17) is 4.74 Å². The van der Waals surface area contributed by atoms with Gasteiger partial charge in [-0.1, -0.05) is 19.1 Å². The Labute approximate surface area is 89.7 Å². The molecule has 80 valence electrons. The molecule has 0 saturated carbocycles. The maximum atomic E-state index is 11.8. The Morgan fingerprint density at radius 2 is 2.20 bits per heavy atom. The number of carbonyl (C=O) groups excluding carboxylic acids is 1. The molecule has 0 fully saturated rings. The molecule has 1 heterocycles. The van der Waals surface area contributed by atoms with Crippen LogP contribution in [0.1, 0.15) is 19.8 Å². The summed E-state index contributed by atoms with van der Waals surface area (Å²) in [6, 6.07) is 7.72. The summed E-state index contributed by atoms with van der Waals surface area (Å²) >= 11 is 0. The van der Waals surface area contributed by atoms with Crippen LogP contribution in [0, 0.1) is 0 Å². The quantitative estimate of drug-likeness (QED) is 0.740. The Hall–Kier alpha value is -1.51. The zero-order valence-corrected chi connectivity index (χ0v) is 8.90. The minimum Gasteiger partial charge on any atom is -0.491 e. The van der Waals surface area contributed by atoms with E-state index < -0.39 is 0 Å². The average molecular weight is 205 g/mol. The molecule has 3 heteroatoms. The topological polar surface area (TPSA) is 29.5 Å². The molecule has 0 bridgehead atoms. The summed E-state index contributed by atoms with van der Waals surface area (Å²) in [7, 11) is 0. The summed E-state index contributed by atoms with van der Waals surface area (Å²) < 4.78 is 5.53. The molecule has 0 N–H and O–H groups in total. The molecule has 3 nitrogen and oxygen atoms in total. The lowest BCUT2D eigenvalue weighted by Crippen LogP contribution is -2.30. The summed E-state index contributed by atoms with van der Waals surface area (Å²) in [5.41, 5.74) is 0.904. The molecule has 15 heavy (non-hydrogen) atoms. The van der Waals surface area contributed by atoms with Gasteiger partial charge in [-0.05, 0) is 18.6 Å². The van der Waals surface area contributed by atoms with Crippen molar-refractivity contribution in [1.82, 2.24) is 0 Å². The molecule has 1 aliphatic heterocycles. The lowest BCUT2D eigenvalue weighted by molar-refractivity contribution is -0.118. The smallest absolute Gasteiger partial charge is 0.230 e. The molecule has 2 rings (SSSR count). The number of ether oxygens (including phenoxy) is 1. The van der Waals surface area contributed by atoms with Crippen molar-refractivity contribution in [3.63, 3.8) is 0 Å². The maximum absolute atomic E-state index is 11.8. The van der Waals surface area contributed by atoms with Crippen LogP contribution in [0.15, 0.2) is 24.3 Å². The average Bonchev–Trinajstić information content (AvgIpc) is 2.40. The van der Waals surface area contributed by atoms with Crippen LogP contribution >= 0.6 is 0 Å². The van der Waals surface area contributed by atoms with Gasteiger partial charge in [-0.3, -0.25) is 4.79 Å². The van der Waals surface area contributed by atoms with Crippen molar-refractivity contribution in [3.05, 3.63) is 24.3 Å². The molecule has 0 atom stereocenters. The zero-order valence-electron chi connectivity index (χ0n) is 8.90. The Balaban J connectivity index is 2.38. The van der Waals surface area contributed by atoms with Gasteiger partial charge in [0.25, 0.3) is 0 Å². The van der Waals surface area contributed by atoms with Crippen LogP contribution in [0.3, 0.4) is 0 Å². The standard InChI is InChI=1S/C12H15NO2/c1-2-8-13-10-5-3-4-6-11(10)15-9-7-12(13)14/h3-6H,2,7-9H2,1H3. The van der Waals surface area contributed by atoms with Crippen LogP contribution in [0.4, 0.5) is 5.69 Å². The number of fused-ring (bicyclic) bond motifs is 1. The van der Waals surface area contributed by atoms with Crippen LogP contribution in [0.2, 0.25) is 0 Å². The largest absolute Gasteiger partial charge is 0.491 e. The molecule has 0 spiro atoms. The molecule has 1 amide bonds. The van der Waals surface area contributed by atoms with E-state index in [0.717, 1.165) is 24.4 Å². The van der Waals surface area contributed by atoms with Gasteiger partial charge < -0.3 is 9.64 Å². The van der Waals surface area contributed by atoms with E-state index in [-0.39, 0.29) is 5.91 Å². The Bertz CT molecular complexity index is 362. The van der Waals surface area contributed by atoms with Crippen LogP contribution in [0.25, 0.3) is 0 Å². The van der Waals surface area contributed by atoms with E-state index in [9.17, 15) is 4.79 Å². The lowest BCUT2D eigenvalue weighted by atomic mass is 10.2. The van der Waals surface area contributed by atoms with E-state index in [1.165, 1.54) is 0 Å². The number of hydrogen-bond donors (Lipinski definition) is 0. The predicted octanol–water partition coefficient (Wildman–Crippen LogP) is 2.21. The van der Waals surface area contributed by atoms with Gasteiger partial charge in [0, 0.05) is 6.54 Å². The van der Waals surface area contributed by atoms with Crippen molar-refractivity contribution < 1.29 is 9.53 Å². The van der Waals surface area contributed by atoms with Crippen LogP contribution < -0.4 is 9.64 Å². The van der Waals surface area contributed by atoms with Gasteiger partial charge in [-0.2, -0.15) is 0 Å². The summed E-state index contributed by atoms with van der Waals surface area (Å²) in [5.74, 6) is 0.971. The van der Waals surface area contributed by atoms with Gasteiger partial charge in [-0.15, -0.1) is 0 Å². The van der Waals surface area contributed by atoms with Crippen molar-refractivity contribution in [2.75, 3.05) is 18.1 Å². The number of hydrogen-bond acceptors (Lipinski definition) is 2. The van der Waals surface area contributed by atoms with E-state index in [2.05, 4.69) is 6.92 Å². The highest BCUT2D eigenvalue weighted by Gasteiger charge is 2.21. The second-order valence-corrected chi connectivity index (χ2v) is 3.61. The highest BCUT2D eigenvalue weighted by atomic mass is 16.5. The van der Waals surface area contributed by atoms with Crippen LogP contribution in [0.5, 0.6) is 5.75 Å². The SMILES string of the molecule is CCCN1C(=O)CCOc2ccccc21. The molecular formula is C12H15NO2. The molecule has 1 aromatic rings. The van der Waals surface area contributed by atoms with Gasteiger partial charge in [0.15, 0.2) is 0 Å². The Morgan fingerprint density at radius 1 is 1.40 bits per heavy atom. The maximum Gasteiger partial charge on any atom is 0.230 e. The number of anilines is 1. The van der Waals surface area contributed by atoms with Crippen molar-refractivity contribution in [2.45, 2.75) is 19.8 Å². The van der Waals surface area contributed by atoms with Gasteiger partial charge in [0.05, 0.1) is 18.7 Å². The molecule has 0 unspecified atom stereocenters. The van der Waals surface area contributed by atoms with Gasteiger partial charge >= 0.3 is 0 Å². The first-order chi connectivity index (χ1) is 7.33. The van der Waals surface area contributed by atoms with E-state index >= 15 is 0 Å². The predicted molar refractivity (Wildman–Crippen MR) is 59.2 cm³/mol. The van der Waals surface area contributed by atoms with Crippen LogP contribution in [-0.4, -0.2) is 19.1 Å². The fourth-order valence-corrected chi connectivity index (χ4v) is 1.79. The first kappa shape index (κ1) is 10.0. The Morgan fingerprint density at radius 3 is 3.00 bits per heavy atom. The molecule has 0 saturated heterocycles. The summed E-state index contributed by atoms with van der Waals surface area (Å²) in [6.45, 7) is 3.32. The third kappa shape index (κ3) is 1.96. The number of amides is 1. The van der Waals surface area contributed by atoms with Gasteiger partial charge in [0.2, 0.25) is 5.91 Å². The normalized spacial score (nSPS) is 15.5. The monoisotopic (exact) mass is 205 g/mol. The fraction of sp³-hybridized carbons (Fsp3) is 0.417. The Kier molecular flexibility index (Phi) is 2.90. The molecule has 0 radical (unpaired) electrons. The molecular weight excluding hydrogens is 190 g/mol. The summed E-state index contributed by atoms with van der Waals surface area (Å²) in [6.07, 6.45) is 1.43. The highest BCUT2D eigenvalue weighted by Crippen LogP contribution is 2.30. The third-order valence-electron chi connectivity index (χ3n) is 2.48. The molecule has 0 aliphatic carbocycles. The fourth-order valence-electron chi connectivity index (χ4n) is 1.79. The minimum absolute atomic E-state index is 0.154. The molecule has 0 aromatic heterocycles. The first-order valence-electron chi connectivity index (χ1n) is 5.35. The van der Waals surface area contributed by atoms with Crippen molar-refractivity contribution in [2.24, 2.45) is 0 Å². The van der Waals surface area contributed by atoms with Crippen molar-refractivity contribution in [1.29, 1.82) is 0 Å². The molecule has 1 aromatic carbocycles. The lowest BCUT2D eigenvalue weighted by Gasteiger charge is -2.20. The highest BCUT2D eigenvalue weighted by molar-refractivity contribution is 5.95. The number of benzene rings is 1. The van der Waals surface area contributed by atoms with Crippen LogP contribution in [-0.2, 0) is 4.79 Å². The van der Waals surface area contributed by atoms with Crippen molar-refractivity contribution in [3.8, 4) is 5.75 Å². The summed E-state index contributed by atoms with van der Waals surface area (Å²) in [5, 5.41) is 0. The number of rotatable bonds is 2. The number of nitrogens with zero attached hydrogens (tertiary/aromatic N) is 1. The van der Waals surface area contributed by atoms with Crippen molar-refractivity contribution >= 4 is 11.6 Å². The van der Waals surface area contributed by atoms with Gasteiger partial charge in [0.1, 0.15) is 5.75 Å². The second kappa shape index (κ2) is 4.34. The number of carbonyl (C=O) groups is 1. The van der Waals surface area contributed by atoms with Gasteiger partial charge in [-0.25, -0.2) is 0 Å². The zero-order chi connectivity index (χ0) is 10.7. The molecule has 1 aliphatic rings. The second-order valence-electron chi connectivity index (χ2n) is 3.61. The first-order valence-corrected chi connectivity index (χ1v) is 5.35. The van der Waals surface area contributed by atoms with E-state index in [1.807, 2.05) is 29.2 Å². The van der Waals surface area contributed by atoms with E-state index in [1.54, 1.807) is 0 Å². The number of para-hydroxylation sites is 2. The van der Waals surface area contributed by atoms with E-state index in [0.29, 0.717) is 13.0 Å². The summed E-state index contributed by atoms with van der Waals surface area (Å²) in [4.78, 5) is 13.6. The minimum atomic E-state index is 0.154.